The number of carbonyl (C=O) groups is 2. The lowest BCUT2D eigenvalue weighted by atomic mass is 9.90. The highest BCUT2D eigenvalue weighted by molar-refractivity contribution is 5.72. The molecule has 0 saturated carbocycles. The Morgan fingerprint density at radius 1 is 0.581 bits per heavy atom. The topological polar surface area (TPSA) is 52.6 Å². The normalized spacial score (nSPS) is 12.5. The molecule has 0 heterocycles. The Hall–Kier alpha value is -1.06. The minimum absolute atomic E-state index is 0.00356. The van der Waals surface area contributed by atoms with Crippen molar-refractivity contribution in [1.82, 2.24) is 0 Å². The molecule has 0 aliphatic carbocycles. The van der Waals surface area contributed by atoms with Gasteiger partial charge in [0, 0.05) is 6.42 Å². The molecule has 0 saturated heterocycles. The van der Waals surface area contributed by atoms with Crippen LogP contribution in [0.4, 0.5) is 0 Å². The fourth-order valence-electron chi connectivity index (χ4n) is 3.64. The molecule has 0 aromatic carbocycles. The molecule has 0 aliphatic heterocycles. The molecule has 0 aromatic rings. The van der Waals surface area contributed by atoms with Crippen molar-refractivity contribution >= 4 is 11.9 Å². The summed E-state index contributed by atoms with van der Waals surface area (Å²) < 4.78 is 10.7. The molecule has 31 heavy (non-hydrogen) atoms. The van der Waals surface area contributed by atoms with Crippen LogP contribution in [0.3, 0.4) is 0 Å². The number of esters is 2. The summed E-state index contributed by atoms with van der Waals surface area (Å²) in [5, 5.41) is 0. The van der Waals surface area contributed by atoms with Gasteiger partial charge in [-0.05, 0) is 30.6 Å². The minimum atomic E-state index is -0.0409. The van der Waals surface area contributed by atoms with Gasteiger partial charge < -0.3 is 9.47 Å². The van der Waals surface area contributed by atoms with Crippen LogP contribution < -0.4 is 0 Å². The van der Waals surface area contributed by atoms with Crippen molar-refractivity contribution in [2.75, 3.05) is 13.2 Å². The van der Waals surface area contributed by atoms with Gasteiger partial charge in [-0.15, -0.1) is 0 Å². The van der Waals surface area contributed by atoms with E-state index in [4.69, 9.17) is 9.47 Å². The van der Waals surface area contributed by atoms with Crippen molar-refractivity contribution in [2.45, 2.75) is 125 Å². The van der Waals surface area contributed by atoms with Crippen molar-refractivity contribution < 1.29 is 19.1 Å². The monoisotopic (exact) mass is 440 g/mol. The third-order valence-corrected chi connectivity index (χ3v) is 5.64. The molecule has 0 fully saturated rings. The largest absolute Gasteiger partial charge is 0.465 e. The summed E-state index contributed by atoms with van der Waals surface area (Å²) in [5.74, 6) is 1.17. The van der Waals surface area contributed by atoms with Crippen LogP contribution in [-0.4, -0.2) is 25.2 Å². The van der Waals surface area contributed by atoms with Gasteiger partial charge in [-0.3, -0.25) is 9.59 Å². The molecule has 1 atom stereocenters. The van der Waals surface area contributed by atoms with Gasteiger partial charge in [-0.1, -0.05) is 106 Å². The molecular formula is C27H52O4. The van der Waals surface area contributed by atoms with Gasteiger partial charge in [0.05, 0.1) is 19.1 Å². The Balaban J connectivity index is 3.52. The molecule has 0 amide bonds. The first-order valence-corrected chi connectivity index (χ1v) is 13.1. The van der Waals surface area contributed by atoms with Gasteiger partial charge in [0.2, 0.25) is 0 Å². The molecule has 4 nitrogen and oxygen atoms in total. The van der Waals surface area contributed by atoms with Gasteiger partial charge >= 0.3 is 11.9 Å². The number of hydrogen-bond acceptors (Lipinski definition) is 4. The van der Waals surface area contributed by atoms with Crippen LogP contribution in [0.2, 0.25) is 0 Å². The fourth-order valence-corrected chi connectivity index (χ4v) is 3.64. The molecular weight excluding hydrogens is 388 g/mol. The highest BCUT2D eigenvalue weighted by atomic mass is 16.5. The van der Waals surface area contributed by atoms with Crippen molar-refractivity contribution in [3.8, 4) is 0 Å². The summed E-state index contributed by atoms with van der Waals surface area (Å²) in [4.78, 5) is 23.8. The standard InChI is InChI=1S/C27H52O4/c1-22(2)20-30-26(28)19-17-15-13-11-9-7-8-10-12-14-16-18-25(24(5)6)27(29)31-21-23(3)4/h22-25H,7-21H2,1-6H3. The quantitative estimate of drug-likeness (QED) is 0.143. The van der Waals surface area contributed by atoms with E-state index in [2.05, 4.69) is 41.5 Å². The zero-order valence-corrected chi connectivity index (χ0v) is 21.5. The fraction of sp³-hybridized carbons (Fsp3) is 0.926. The highest BCUT2D eigenvalue weighted by Gasteiger charge is 2.23. The van der Waals surface area contributed by atoms with Crippen molar-refractivity contribution in [3.63, 3.8) is 0 Å². The Morgan fingerprint density at radius 2 is 1.00 bits per heavy atom. The predicted octanol–water partition coefficient (Wildman–Crippen LogP) is 7.73. The summed E-state index contributed by atoms with van der Waals surface area (Å²) in [6.07, 6.45) is 14.9. The number of carbonyl (C=O) groups excluding carboxylic acids is 2. The third kappa shape index (κ3) is 19.4. The summed E-state index contributed by atoms with van der Waals surface area (Å²) >= 11 is 0. The smallest absolute Gasteiger partial charge is 0.309 e. The first-order valence-electron chi connectivity index (χ1n) is 13.1. The molecule has 4 heteroatoms. The molecule has 0 N–H and O–H groups in total. The van der Waals surface area contributed by atoms with Gasteiger partial charge in [-0.2, -0.15) is 0 Å². The van der Waals surface area contributed by atoms with E-state index in [-0.39, 0.29) is 17.9 Å². The lowest BCUT2D eigenvalue weighted by molar-refractivity contribution is -0.151. The van der Waals surface area contributed by atoms with E-state index in [1.807, 2.05) is 0 Å². The van der Waals surface area contributed by atoms with E-state index in [9.17, 15) is 9.59 Å². The molecule has 0 aromatic heterocycles. The van der Waals surface area contributed by atoms with Crippen molar-refractivity contribution in [3.05, 3.63) is 0 Å². The van der Waals surface area contributed by atoms with E-state index in [1.165, 1.54) is 51.4 Å². The summed E-state index contributed by atoms with van der Waals surface area (Å²) in [6.45, 7) is 13.6. The van der Waals surface area contributed by atoms with Crippen LogP contribution in [-0.2, 0) is 19.1 Å². The van der Waals surface area contributed by atoms with Gasteiger partial charge in [0.25, 0.3) is 0 Å². The van der Waals surface area contributed by atoms with Crippen LogP contribution in [0.1, 0.15) is 125 Å². The molecule has 1 unspecified atom stereocenters. The zero-order chi connectivity index (χ0) is 23.5. The molecule has 184 valence electrons. The van der Waals surface area contributed by atoms with E-state index >= 15 is 0 Å². The maximum atomic E-state index is 12.3. The number of unbranched alkanes of at least 4 members (excludes halogenated alkanes) is 10. The maximum Gasteiger partial charge on any atom is 0.309 e. The Morgan fingerprint density at radius 3 is 1.45 bits per heavy atom. The minimum Gasteiger partial charge on any atom is -0.465 e. The van der Waals surface area contributed by atoms with E-state index in [1.54, 1.807) is 0 Å². The summed E-state index contributed by atoms with van der Waals surface area (Å²) in [6, 6.07) is 0. The Labute approximate surface area is 193 Å². The molecule has 0 spiro atoms. The van der Waals surface area contributed by atoms with Gasteiger partial charge in [-0.25, -0.2) is 0 Å². The van der Waals surface area contributed by atoms with Crippen LogP contribution in [0, 0.1) is 23.7 Å². The van der Waals surface area contributed by atoms with E-state index in [0.717, 1.165) is 25.7 Å². The first kappa shape index (κ1) is 29.9. The Kier molecular flexibility index (Phi) is 18.9. The van der Waals surface area contributed by atoms with Crippen molar-refractivity contribution in [2.24, 2.45) is 23.7 Å². The molecule has 0 radical (unpaired) electrons. The highest BCUT2D eigenvalue weighted by Crippen LogP contribution is 2.21. The second kappa shape index (κ2) is 19.6. The van der Waals surface area contributed by atoms with Gasteiger partial charge in [0.15, 0.2) is 0 Å². The second-order valence-electron chi connectivity index (χ2n) is 10.4. The van der Waals surface area contributed by atoms with E-state index in [0.29, 0.717) is 37.4 Å². The molecule has 0 bridgehead atoms. The lowest BCUT2D eigenvalue weighted by Crippen LogP contribution is -2.24. The maximum absolute atomic E-state index is 12.3. The third-order valence-electron chi connectivity index (χ3n) is 5.64. The summed E-state index contributed by atoms with van der Waals surface area (Å²) in [5.41, 5.74) is 0. The van der Waals surface area contributed by atoms with Crippen LogP contribution in [0.15, 0.2) is 0 Å². The molecule has 0 rings (SSSR count). The second-order valence-corrected chi connectivity index (χ2v) is 10.4. The molecule has 0 aliphatic rings. The average Bonchev–Trinajstić information content (AvgIpc) is 2.70. The number of hydrogen-bond donors (Lipinski definition) is 0. The first-order chi connectivity index (χ1) is 14.7. The average molecular weight is 441 g/mol. The van der Waals surface area contributed by atoms with Crippen LogP contribution >= 0.6 is 0 Å². The number of rotatable bonds is 20. The number of ether oxygens (including phenoxy) is 2. The lowest BCUT2D eigenvalue weighted by Gasteiger charge is -2.20. The zero-order valence-electron chi connectivity index (χ0n) is 21.5. The summed E-state index contributed by atoms with van der Waals surface area (Å²) in [7, 11) is 0. The van der Waals surface area contributed by atoms with Crippen LogP contribution in [0.25, 0.3) is 0 Å². The van der Waals surface area contributed by atoms with Gasteiger partial charge in [0.1, 0.15) is 0 Å². The van der Waals surface area contributed by atoms with Crippen LogP contribution in [0.5, 0.6) is 0 Å². The Bertz CT molecular complexity index is 443. The SMILES string of the molecule is CC(C)COC(=O)CCCCCCCCCCCCCC(C(=O)OCC(C)C)C(C)C. The predicted molar refractivity (Wildman–Crippen MR) is 130 cm³/mol. The van der Waals surface area contributed by atoms with E-state index < -0.39 is 0 Å². The van der Waals surface area contributed by atoms with Crippen molar-refractivity contribution in [1.29, 1.82) is 0 Å².